The van der Waals surface area contributed by atoms with Gasteiger partial charge < -0.3 is 15.2 Å². The van der Waals surface area contributed by atoms with E-state index in [2.05, 4.69) is 45.3 Å². The van der Waals surface area contributed by atoms with Crippen LogP contribution >= 0.6 is 0 Å². The zero-order chi connectivity index (χ0) is 18.4. The quantitative estimate of drug-likeness (QED) is 0.811. The fourth-order valence-electron chi connectivity index (χ4n) is 3.31. The zero-order valence-electron chi connectivity index (χ0n) is 14.8. The smallest absolute Gasteiger partial charge is 0.147 e. The summed E-state index contributed by atoms with van der Waals surface area (Å²) in [5.74, 6) is 0.466. The van der Waals surface area contributed by atoms with Crippen molar-refractivity contribution in [1.29, 1.82) is 5.26 Å². The molecule has 2 heterocycles. The van der Waals surface area contributed by atoms with Gasteiger partial charge in [0.05, 0.1) is 31.6 Å². The highest BCUT2D eigenvalue weighted by Crippen LogP contribution is 2.27. The van der Waals surface area contributed by atoms with E-state index in [-0.39, 0.29) is 12.6 Å². The molecule has 0 unspecified atom stereocenters. The van der Waals surface area contributed by atoms with Gasteiger partial charge in [-0.2, -0.15) is 5.26 Å². The lowest BCUT2D eigenvalue weighted by Crippen LogP contribution is -2.65. The van der Waals surface area contributed by atoms with Gasteiger partial charge in [0.2, 0.25) is 0 Å². The number of nitrogens with one attached hydrogen (secondary N) is 1. The standard InChI is InChI=1S/C19H23N5O2/c1-15-10-26-13-19(12-25,24(15)9-16-5-3-2-4-6-16)11-22-18-17(7-20)8-21-14-23-18/h2-6,8,14-15,25H,9-13H2,1H3,(H,21,22,23)/t15-,19+/m1/s1. The topological polar surface area (TPSA) is 94.3 Å². The third kappa shape index (κ3) is 3.83. The molecular formula is C19H23N5O2. The van der Waals surface area contributed by atoms with E-state index in [0.717, 1.165) is 0 Å². The van der Waals surface area contributed by atoms with Gasteiger partial charge >= 0.3 is 0 Å². The maximum atomic E-state index is 10.3. The molecule has 0 aliphatic carbocycles. The number of aliphatic hydroxyl groups is 1. The van der Waals surface area contributed by atoms with Crippen LogP contribution in [0.2, 0.25) is 0 Å². The summed E-state index contributed by atoms with van der Waals surface area (Å²) in [6.45, 7) is 4.17. The summed E-state index contributed by atoms with van der Waals surface area (Å²) in [5, 5.41) is 22.7. The normalized spacial score (nSPS) is 23.3. The molecule has 1 aromatic heterocycles. The number of ether oxygens (including phenoxy) is 1. The van der Waals surface area contributed by atoms with E-state index in [0.29, 0.717) is 37.7 Å². The molecule has 0 radical (unpaired) electrons. The maximum Gasteiger partial charge on any atom is 0.147 e. The molecule has 2 aromatic rings. The highest BCUT2D eigenvalue weighted by molar-refractivity contribution is 5.50. The molecule has 1 aliphatic rings. The molecule has 2 atom stereocenters. The Bertz CT molecular complexity index is 764. The van der Waals surface area contributed by atoms with Gasteiger partial charge in [-0.25, -0.2) is 9.97 Å². The summed E-state index contributed by atoms with van der Waals surface area (Å²) in [7, 11) is 0. The van der Waals surface area contributed by atoms with Crippen LogP contribution in [0.3, 0.4) is 0 Å². The Labute approximate surface area is 153 Å². The van der Waals surface area contributed by atoms with E-state index in [4.69, 9.17) is 4.74 Å². The van der Waals surface area contributed by atoms with Crippen molar-refractivity contribution in [2.75, 3.05) is 31.7 Å². The number of aromatic nitrogens is 2. The van der Waals surface area contributed by atoms with Crippen LogP contribution in [-0.2, 0) is 11.3 Å². The van der Waals surface area contributed by atoms with Gasteiger partial charge in [0, 0.05) is 19.1 Å². The predicted molar refractivity (Wildman–Crippen MR) is 97.3 cm³/mol. The Morgan fingerprint density at radius 3 is 2.96 bits per heavy atom. The largest absolute Gasteiger partial charge is 0.394 e. The summed E-state index contributed by atoms with van der Waals surface area (Å²) < 4.78 is 5.76. The fourth-order valence-corrected chi connectivity index (χ4v) is 3.31. The molecule has 1 saturated heterocycles. The number of hydrogen-bond donors (Lipinski definition) is 2. The van der Waals surface area contributed by atoms with Crippen molar-refractivity contribution in [3.63, 3.8) is 0 Å². The van der Waals surface area contributed by atoms with Crippen molar-refractivity contribution in [2.45, 2.75) is 25.0 Å². The van der Waals surface area contributed by atoms with Crippen molar-refractivity contribution in [1.82, 2.24) is 14.9 Å². The lowest BCUT2D eigenvalue weighted by atomic mass is 9.94. The molecule has 0 spiro atoms. The maximum absolute atomic E-state index is 10.3. The molecule has 1 aromatic carbocycles. The third-order valence-electron chi connectivity index (χ3n) is 4.78. The molecule has 0 bridgehead atoms. The fraction of sp³-hybridized carbons (Fsp3) is 0.421. The first-order valence-electron chi connectivity index (χ1n) is 8.62. The van der Waals surface area contributed by atoms with E-state index in [1.165, 1.54) is 18.1 Å². The minimum atomic E-state index is -0.606. The lowest BCUT2D eigenvalue weighted by molar-refractivity contribution is -0.117. The van der Waals surface area contributed by atoms with Gasteiger partial charge in [-0.3, -0.25) is 4.90 Å². The highest BCUT2D eigenvalue weighted by atomic mass is 16.5. The van der Waals surface area contributed by atoms with Gasteiger partial charge in [-0.05, 0) is 12.5 Å². The number of morpholine rings is 1. The molecule has 1 aliphatic heterocycles. The number of nitrogens with zero attached hydrogens (tertiary/aromatic N) is 4. The Kier molecular flexibility index (Phi) is 5.78. The van der Waals surface area contributed by atoms with E-state index >= 15 is 0 Å². The number of anilines is 1. The number of rotatable bonds is 6. The Balaban J connectivity index is 1.82. The monoisotopic (exact) mass is 353 g/mol. The minimum Gasteiger partial charge on any atom is -0.394 e. The number of nitriles is 1. The summed E-state index contributed by atoms with van der Waals surface area (Å²) in [5.41, 5.74) is 0.948. The van der Waals surface area contributed by atoms with Gasteiger partial charge in [-0.15, -0.1) is 0 Å². The average molecular weight is 353 g/mol. The van der Waals surface area contributed by atoms with E-state index in [9.17, 15) is 10.4 Å². The van der Waals surface area contributed by atoms with Crippen molar-refractivity contribution >= 4 is 5.82 Å². The van der Waals surface area contributed by atoms with Gasteiger partial charge in [0.25, 0.3) is 0 Å². The van der Waals surface area contributed by atoms with Crippen LogP contribution in [0, 0.1) is 11.3 Å². The van der Waals surface area contributed by atoms with Crippen LogP contribution in [-0.4, -0.2) is 57.9 Å². The molecule has 136 valence electrons. The molecular weight excluding hydrogens is 330 g/mol. The Hall–Kier alpha value is -2.53. The molecule has 0 amide bonds. The summed E-state index contributed by atoms with van der Waals surface area (Å²) in [6.07, 6.45) is 2.87. The summed E-state index contributed by atoms with van der Waals surface area (Å²) in [4.78, 5) is 10.3. The summed E-state index contributed by atoms with van der Waals surface area (Å²) in [6, 6.07) is 12.4. The average Bonchev–Trinajstić information content (AvgIpc) is 2.69. The SMILES string of the molecule is C[C@@H]1COC[C@@](CO)(CNc2ncncc2C#N)N1Cc1ccccc1. The van der Waals surface area contributed by atoms with Crippen molar-refractivity contribution in [3.05, 3.63) is 54.0 Å². The lowest BCUT2D eigenvalue weighted by Gasteiger charge is -2.49. The summed E-state index contributed by atoms with van der Waals surface area (Å²) >= 11 is 0. The van der Waals surface area contributed by atoms with Crippen molar-refractivity contribution < 1.29 is 9.84 Å². The van der Waals surface area contributed by atoms with Crippen LogP contribution in [0.1, 0.15) is 18.1 Å². The second-order valence-corrected chi connectivity index (χ2v) is 6.61. The Morgan fingerprint density at radius 2 is 2.23 bits per heavy atom. The highest BCUT2D eigenvalue weighted by Gasteiger charge is 2.42. The second-order valence-electron chi connectivity index (χ2n) is 6.61. The van der Waals surface area contributed by atoms with E-state index in [1.807, 2.05) is 18.2 Å². The van der Waals surface area contributed by atoms with Crippen LogP contribution in [0.4, 0.5) is 5.82 Å². The molecule has 26 heavy (non-hydrogen) atoms. The first-order chi connectivity index (χ1) is 12.7. The van der Waals surface area contributed by atoms with Crippen molar-refractivity contribution in [3.8, 4) is 6.07 Å². The van der Waals surface area contributed by atoms with Crippen molar-refractivity contribution in [2.24, 2.45) is 0 Å². The third-order valence-corrected chi connectivity index (χ3v) is 4.78. The van der Waals surface area contributed by atoms with Gasteiger partial charge in [-0.1, -0.05) is 30.3 Å². The molecule has 7 nitrogen and oxygen atoms in total. The zero-order valence-corrected chi connectivity index (χ0v) is 14.8. The van der Waals surface area contributed by atoms with Gasteiger partial charge in [0.15, 0.2) is 0 Å². The van der Waals surface area contributed by atoms with Crippen LogP contribution in [0.5, 0.6) is 0 Å². The minimum absolute atomic E-state index is 0.0653. The number of aliphatic hydroxyl groups excluding tert-OH is 1. The van der Waals surface area contributed by atoms with Crippen LogP contribution in [0.25, 0.3) is 0 Å². The van der Waals surface area contributed by atoms with Gasteiger partial charge in [0.1, 0.15) is 23.8 Å². The molecule has 7 heteroatoms. The molecule has 2 N–H and O–H groups in total. The van der Waals surface area contributed by atoms with E-state index in [1.54, 1.807) is 0 Å². The number of hydrogen-bond acceptors (Lipinski definition) is 7. The molecule has 1 fully saturated rings. The molecule has 0 saturated carbocycles. The van der Waals surface area contributed by atoms with Crippen LogP contribution in [0.15, 0.2) is 42.9 Å². The first kappa shape index (κ1) is 18.3. The first-order valence-corrected chi connectivity index (χ1v) is 8.62. The second kappa shape index (κ2) is 8.23. The van der Waals surface area contributed by atoms with Crippen LogP contribution < -0.4 is 5.32 Å². The Morgan fingerprint density at radius 1 is 1.42 bits per heavy atom. The number of benzene rings is 1. The van der Waals surface area contributed by atoms with E-state index < -0.39 is 5.54 Å². The molecule has 3 rings (SSSR count). The predicted octanol–water partition coefficient (Wildman–Crippen LogP) is 1.41.